The molecule has 0 radical (unpaired) electrons. The first-order valence-corrected chi connectivity index (χ1v) is 38.5. The van der Waals surface area contributed by atoms with Gasteiger partial charge in [-0.15, -0.1) is 0 Å². The Hall–Kier alpha value is -12.5. The average molecular weight is 1550 g/mol. The van der Waals surface area contributed by atoms with Crippen LogP contribution in [0, 0.1) is 0 Å². The molecule has 0 fully saturated rings. The SMILES string of the molecule is O=C(Cl)c1ccccc1Br.O=C(c1ccccc1Br)N1c2ccc(-c3ccccc3)cc2C2(c3cc(-c4ccccc4)ccc31)c1ccccc1N(c1ccccc1)c1ccccc12.c1ccc(-c2ccc3c(c2)C2(c4cc(-c5ccccc5)ccc4C3)c3ccccc3N(c3ccccc3)c3ccccc32)cc1. The lowest BCUT2D eigenvalue weighted by Gasteiger charge is -2.51. The maximum atomic E-state index is 15.1. The van der Waals surface area contributed by atoms with Crippen LogP contribution < -0.4 is 14.7 Å². The Balaban J connectivity index is 0.000000138. The summed E-state index contributed by atoms with van der Waals surface area (Å²) in [4.78, 5) is 32.5. The zero-order valence-corrected chi connectivity index (χ0v) is 63.0. The molecule has 3 heterocycles. The molecule has 16 aromatic carbocycles. The monoisotopic (exact) mass is 1550 g/mol. The Morgan fingerprint density at radius 1 is 0.257 bits per heavy atom. The second kappa shape index (κ2) is 29.0. The standard InChI is InChI=1S/C50H33BrN2O.C44H31N.C7H4BrClO/c51-44-25-13-10-22-39(44)49(54)53-47-30-28-36(34-16-4-1-5-17-34)32-42(47)50(43-33-37(29-31-48(43)53)35-18-6-2-7-19-35)40-23-11-14-26-45(40)52(38-20-8-3-9-21-38)46-27-15-12-24-41(46)50;1-4-14-31(15-5-1)33-24-26-35-28-36-27-25-34(32-16-6-2-7-17-32)30-41(36)44(40(35)29-33)38-20-10-12-22-42(38)45(37-18-8-3-9-19-37)43-23-13-11-21-39(43)44;8-6-4-2-1-3-5(6)7(9)10/h1-33H;1-27,29-30H,28H2;1-4H. The third kappa shape index (κ3) is 11.8. The maximum absolute atomic E-state index is 15.1. The molecule has 20 rings (SSSR count). The van der Waals surface area contributed by atoms with Crippen molar-refractivity contribution in [3.63, 3.8) is 0 Å². The number of fused-ring (bicyclic) bond motifs is 16. The Bertz CT molecular complexity index is 5860. The van der Waals surface area contributed by atoms with Crippen LogP contribution in [-0.2, 0) is 17.3 Å². The molecule has 5 nitrogen and oxygen atoms in total. The molecule has 0 unspecified atom stereocenters. The van der Waals surface area contributed by atoms with Gasteiger partial charge < -0.3 is 9.80 Å². The summed E-state index contributed by atoms with van der Waals surface area (Å²) >= 11 is 12.1. The topological polar surface area (TPSA) is 43.9 Å². The van der Waals surface area contributed by atoms with Crippen LogP contribution in [0.2, 0.25) is 0 Å². The lowest BCUT2D eigenvalue weighted by Crippen LogP contribution is -2.44. The van der Waals surface area contributed by atoms with Crippen molar-refractivity contribution in [2.75, 3.05) is 14.7 Å². The molecule has 0 atom stereocenters. The van der Waals surface area contributed by atoms with Crippen molar-refractivity contribution in [1.29, 1.82) is 0 Å². The van der Waals surface area contributed by atoms with Gasteiger partial charge in [0.15, 0.2) is 0 Å². The summed E-state index contributed by atoms with van der Waals surface area (Å²) in [7, 11) is 0. The number of rotatable bonds is 8. The number of anilines is 8. The summed E-state index contributed by atoms with van der Waals surface area (Å²) in [5, 5.41) is -0.438. The van der Waals surface area contributed by atoms with Crippen molar-refractivity contribution in [2.24, 2.45) is 0 Å². The highest BCUT2D eigenvalue weighted by molar-refractivity contribution is 9.10. The van der Waals surface area contributed by atoms with E-state index in [9.17, 15) is 4.79 Å². The maximum Gasteiger partial charge on any atom is 0.263 e. The largest absolute Gasteiger partial charge is 0.310 e. The zero-order chi connectivity index (χ0) is 73.6. The molecule has 1 aliphatic carbocycles. The van der Waals surface area contributed by atoms with Crippen LogP contribution in [0.4, 0.5) is 45.5 Å². The van der Waals surface area contributed by atoms with Crippen molar-refractivity contribution in [2.45, 2.75) is 17.3 Å². The molecular formula is C101H68Br2ClN3O2. The van der Waals surface area contributed by atoms with Crippen LogP contribution in [0.25, 0.3) is 44.5 Å². The second-order valence-corrected chi connectivity index (χ2v) is 29.7. The molecule has 16 aromatic rings. The zero-order valence-electron chi connectivity index (χ0n) is 59.1. The fraction of sp³-hybridized carbons (Fsp3) is 0.0297. The fourth-order valence-corrected chi connectivity index (χ4v) is 18.2. The lowest BCUT2D eigenvalue weighted by molar-refractivity contribution is 0.0996. The molecule has 1 amide bonds. The minimum atomic E-state index is -0.802. The van der Waals surface area contributed by atoms with E-state index in [2.05, 4.69) is 394 Å². The number of carbonyl (C=O) groups is 2. The van der Waals surface area contributed by atoms with Gasteiger partial charge in [0, 0.05) is 25.9 Å². The van der Waals surface area contributed by atoms with Crippen LogP contribution in [0.15, 0.2) is 409 Å². The number of hydrogen-bond donors (Lipinski definition) is 0. The van der Waals surface area contributed by atoms with Gasteiger partial charge in [0.25, 0.3) is 11.1 Å². The van der Waals surface area contributed by atoms with Gasteiger partial charge in [0.2, 0.25) is 0 Å². The first kappa shape index (κ1) is 68.3. The second-order valence-electron chi connectivity index (χ2n) is 27.6. The predicted molar refractivity (Wildman–Crippen MR) is 455 cm³/mol. The van der Waals surface area contributed by atoms with Crippen LogP contribution in [0.3, 0.4) is 0 Å². The van der Waals surface area contributed by atoms with E-state index in [4.69, 9.17) is 11.6 Å². The highest BCUT2D eigenvalue weighted by Gasteiger charge is 2.54. The number of halogens is 3. The van der Waals surface area contributed by atoms with Crippen molar-refractivity contribution in [3.8, 4) is 44.5 Å². The third-order valence-electron chi connectivity index (χ3n) is 21.7. The Labute approximate surface area is 657 Å². The van der Waals surface area contributed by atoms with Gasteiger partial charge >= 0.3 is 0 Å². The van der Waals surface area contributed by atoms with Crippen molar-refractivity contribution in [1.82, 2.24) is 0 Å². The Kier molecular flexibility index (Phi) is 18.2. The predicted octanol–water partition coefficient (Wildman–Crippen LogP) is 27.2. The van der Waals surface area contributed by atoms with E-state index in [1.165, 1.54) is 72.7 Å². The van der Waals surface area contributed by atoms with Crippen LogP contribution in [-0.4, -0.2) is 11.1 Å². The molecule has 0 bridgehead atoms. The summed E-state index contributed by atoms with van der Waals surface area (Å²) < 4.78 is 1.49. The van der Waals surface area contributed by atoms with E-state index < -0.39 is 16.1 Å². The summed E-state index contributed by atoms with van der Waals surface area (Å²) in [5.74, 6) is -0.0944. The quantitative estimate of drug-likeness (QED) is 0.142. The van der Waals surface area contributed by atoms with Gasteiger partial charge in [-0.3, -0.25) is 14.5 Å². The van der Waals surface area contributed by atoms with Crippen molar-refractivity contribution in [3.05, 3.63) is 476 Å². The summed E-state index contributed by atoms with van der Waals surface area (Å²) in [6.45, 7) is 0. The molecule has 2 spiro atoms. The minimum absolute atomic E-state index is 0.0944. The highest BCUT2D eigenvalue weighted by Crippen LogP contribution is 2.65. The Morgan fingerprint density at radius 3 is 0.862 bits per heavy atom. The van der Waals surface area contributed by atoms with Gasteiger partial charge in [0.05, 0.1) is 50.5 Å². The summed E-state index contributed by atoms with van der Waals surface area (Å²) in [5.41, 5.74) is 30.3. The molecule has 8 heteroatoms. The van der Waals surface area contributed by atoms with Crippen molar-refractivity contribution >= 4 is 100 Å². The molecule has 4 aliphatic rings. The van der Waals surface area contributed by atoms with E-state index in [1.807, 2.05) is 35.2 Å². The van der Waals surface area contributed by atoms with Gasteiger partial charge in [-0.2, -0.15) is 0 Å². The number of benzene rings is 16. The first-order valence-electron chi connectivity index (χ1n) is 36.6. The van der Waals surface area contributed by atoms with Crippen LogP contribution in [0.5, 0.6) is 0 Å². The lowest BCUT2D eigenvalue weighted by atomic mass is 9.57. The number of amides is 1. The summed E-state index contributed by atoms with van der Waals surface area (Å²) in [6, 6.07) is 142. The van der Waals surface area contributed by atoms with Gasteiger partial charge in [-0.1, -0.05) is 307 Å². The minimum Gasteiger partial charge on any atom is -0.310 e. The van der Waals surface area contributed by atoms with Gasteiger partial charge in [0.1, 0.15) is 0 Å². The van der Waals surface area contributed by atoms with Crippen LogP contribution >= 0.6 is 43.5 Å². The number of nitrogens with zero attached hydrogens (tertiary/aromatic N) is 3. The fourth-order valence-electron chi connectivity index (χ4n) is 17.0. The first-order chi connectivity index (χ1) is 53.7. The molecule has 520 valence electrons. The van der Waals surface area contributed by atoms with E-state index >= 15 is 4.79 Å². The molecule has 0 saturated carbocycles. The molecule has 0 N–H and O–H groups in total. The average Bonchev–Trinajstić information content (AvgIpc) is 0.680. The van der Waals surface area contributed by atoms with Gasteiger partial charge in [-0.05, 0) is 243 Å². The molecule has 0 saturated heterocycles. The molecule has 0 aromatic heterocycles. The van der Waals surface area contributed by atoms with Gasteiger partial charge in [-0.25, -0.2) is 0 Å². The van der Waals surface area contributed by atoms with E-state index in [0.717, 1.165) is 88.3 Å². The highest BCUT2D eigenvalue weighted by atomic mass is 79.9. The smallest absolute Gasteiger partial charge is 0.263 e. The normalized spacial score (nSPS) is 13.2. The number of carbonyl (C=O) groups excluding carboxylic acids is 2. The molecule has 3 aliphatic heterocycles. The van der Waals surface area contributed by atoms with Crippen molar-refractivity contribution < 1.29 is 9.59 Å². The van der Waals surface area contributed by atoms with E-state index in [1.54, 1.807) is 18.2 Å². The van der Waals surface area contributed by atoms with E-state index in [0.29, 0.717) is 11.1 Å². The number of para-hydroxylation sites is 6. The summed E-state index contributed by atoms with van der Waals surface area (Å²) in [6.07, 6.45) is 0.906. The molecule has 109 heavy (non-hydrogen) atoms. The number of hydrogen-bond acceptors (Lipinski definition) is 4. The van der Waals surface area contributed by atoms with E-state index in [-0.39, 0.29) is 5.91 Å². The molecular weight excluding hydrogens is 1480 g/mol. The third-order valence-corrected chi connectivity index (χ3v) is 23.3. The van der Waals surface area contributed by atoms with Crippen LogP contribution in [0.1, 0.15) is 76.4 Å². The Morgan fingerprint density at radius 2 is 0.532 bits per heavy atom.